The normalized spacial score (nSPS) is 44.2. The van der Waals surface area contributed by atoms with Crippen molar-refractivity contribution in [3.8, 4) is 0 Å². The van der Waals surface area contributed by atoms with Gasteiger partial charge in [0.1, 0.15) is 0 Å². The van der Waals surface area contributed by atoms with E-state index < -0.39 is 0 Å². The Labute approximate surface area is 99.6 Å². The first kappa shape index (κ1) is 11.0. The van der Waals surface area contributed by atoms with Crippen molar-refractivity contribution >= 4 is 0 Å². The summed E-state index contributed by atoms with van der Waals surface area (Å²) in [5, 5.41) is 7.48. The van der Waals surface area contributed by atoms with Crippen LogP contribution in [0.1, 0.15) is 51.4 Å². The Morgan fingerprint density at radius 1 is 0.875 bits per heavy atom. The molecule has 2 heterocycles. The molecule has 2 aliphatic heterocycles. The van der Waals surface area contributed by atoms with Gasteiger partial charge in [0.2, 0.25) is 0 Å². The number of rotatable bonds is 2. The van der Waals surface area contributed by atoms with Gasteiger partial charge < -0.3 is 10.6 Å². The van der Waals surface area contributed by atoms with E-state index >= 15 is 0 Å². The predicted molar refractivity (Wildman–Crippen MR) is 67.5 cm³/mol. The Hall–Kier alpha value is -0.0800. The largest absolute Gasteiger partial charge is 0.314 e. The molecule has 2 heteroatoms. The molecule has 2 nitrogen and oxygen atoms in total. The number of hydrogen-bond donors (Lipinski definition) is 2. The van der Waals surface area contributed by atoms with Crippen LogP contribution in [0.5, 0.6) is 0 Å². The second-order valence-corrected chi connectivity index (χ2v) is 6.11. The molecule has 0 bridgehead atoms. The van der Waals surface area contributed by atoms with Gasteiger partial charge in [-0.05, 0) is 57.0 Å². The van der Waals surface area contributed by atoms with Gasteiger partial charge in [0.25, 0.3) is 0 Å². The van der Waals surface area contributed by atoms with Gasteiger partial charge >= 0.3 is 0 Å². The third-order valence-electron chi connectivity index (χ3n) is 5.07. The summed E-state index contributed by atoms with van der Waals surface area (Å²) < 4.78 is 0. The Balaban J connectivity index is 1.54. The van der Waals surface area contributed by atoms with E-state index in [0.717, 1.165) is 23.9 Å². The molecule has 0 amide bonds. The molecule has 92 valence electrons. The summed E-state index contributed by atoms with van der Waals surface area (Å²) in [5.74, 6) is 1.98. The SMILES string of the molecule is C1CC[C@@H](CC2CNC3CCCCC23)NC1. The molecule has 4 atom stereocenters. The van der Waals surface area contributed by atoms with Crippen molar-refractivity contribution in [2.45, 2.75) is 63.5 Å². The van der Waals surface area contributed by atoms with E-state index in [0.29, 0.717) is 0 Å². The van der Waals surface area contributed by atoms with E-state index in [1.165, 1.54) is 64.5 Å². The Bertz CT molecular complexity index is 223. The third-order valence-corrected chi connectivity index (χ3v) is 5.07. The highest BCUT2D eigenvalue weighted by atomic mass is 15.0. The predicted octanol–water partition coefficient (Wildman–Crippen LogP) is 2.30. The van der Waals surface area contributed by atoms with Crippen molar-refractivity contribution in [2.75, 3.05) is 13.1 Å². The molecule has 0 spiro atoms. The van der Waals surface area contributed by atoms with Crippen molar-refractivity contribution < 1.29 is 0 Å². The van der Waals surface area contributed by atoms with Crippen LogP contribution >= 0.6 is 0 Å². The highest BCUT2D eigenvalue weighted by Crippen LogP contribution is 2.37. The van der Waals surface area contributed by atoms with Crippen LogP contribution in [0.25, 0.3) is 0 Å². The Kier molecular flexibility index (Phi) is 3.49. The van der Waals surface area contributed by atoms with Gasteiger partial charge in [-0.15, -0.1) is 0 Å². The van der Waals surface area contributed by atoms with Crippen molar-refractivity contribution in [2.24, 2.45) is 11.8 Å². The first-order valence-corrected chi connectivity index (χ1v) is 7.40. The highest BCUT2D eigenvalue weighted by Gasteiger charge is 2.37. The lowest BCUT2D eigenvalue weighted by Crippen LogP contribution is -2.37. The zero-order chi connectivity index (χ0) is 10.8. The van der Waals surface area contributed by atoms with Crippen LogP contribution in [0.3, 0.4) is 0 Å². The molecule has 1 saturated carbocycles. The smallest absolute Gasteiger partial charge is 0.00985 e. The first-order chi connectivity index (χ1) is 7.93. The monoisotopic (exact) mass is 222 g/mol. The van der Waals surface area contributed by atoms with E-state index in [-0.39, 0.29) is 0 Å². The topological polar surface area (TPSA) is 24.1 Å². The van der Waals surface area contributed by atoms with Crippen molar-refractivity contribution in [1.29, 1.82) is 0 Å². The van der Waals surface area contributed by atoms with Crippen LogP contribution in [0.15, 0.2) is 0 Å². The summed E-state index contributed by atoms with van der Waals surface area (Å²) in [6.45, 7) is 2.56. The summed E-state index contributed by atoms with van der Waals surface area (Å²) >= 11 is 0. The van der Waals surface area contributed by atoms with Crippen LogP contribution in [0, 0.1) is 11.8 Å². The lowest BCUT2D eigenvalue weighted by Gasteiger charge is -2.32. The van der Waals surface area contributed by atoms with Gasteiger partial charge in [-0.3, -0.25) is 0 Å². The summed E-state index contributed by atoms with van der Waals surface area (Å²) in [7, 11) is 0. The molecule has 2 N–H and O–H groups in total. The molecule has 3 unspecified atom stereocenters. The molecular formula is C14H26N2. The molecule has 2 saturated heterocycles. The van der Waals surface area contributed by atoms with E-state index in [2.05, 4.69) is 10.6 Å². The van der Waals surface area contributed by atoms with E-state index in [1.54, 1.807) is 0 Å². The Morgan fingerprint density at radius 2 is 1.75 bits per heavy atom. The summed E-state index contributed by atoms with van der Waals surface area (Å²) in [6, 6.07) is 1.71. The van der Waals surface area contributed by atoms with Crippen LogP contribution in [-0.2, 0) is 0 Å². The van der Waals surface area contributed by atoms with Crippen molar-refractivity contribution in [3.05, 3.63) is 0 Å². The number of hydrogen-bond acceptors (Lipinski definition) is 2. The van der Waals surface area contributed by atoms with E-state index in [4.69, 9.17) is 0 Å². The molecule has 3 fully saturated rings. The molecular weight excluding hydrogens is 196 g/mol. The molecule has 16 heavy (non-hydrogen) atoms. The fourth-order valence-corrected chi connectivity index (χ4v) is 4.18. The number of fused-ring (bicyclic) bond motifs is 1. The maximum Gasteiger partial charge on any atom is 0.00985 e. The lowest BCUT2D eigenvalue weighted by atomic mass is 9.77. The maximum absolute atomic E-state index is 3.77. The lowest BCUT2D eigenvalue weighted by molar-refractivity contribution is 0.237. The van der Waals surface area contributed by atoms with Gasteiger partial charge in [0.05, 0.1) is 0 Å². The first-order valence-electron chi connectivity index (χ1n) is 7.40. The quantitative estimate of drug-likeness (QED) is 0.749. The zero-order valence-corrected chi connectivity index (χ0v) is 10.4. The van der Waals surface area contributed by atoms with Crippen molar-refractivity contribution in [3.63, 3.8) is 0 Å². The molecule has 0 aromatic carbocycles. The summed E-state index contributed by atoms with van der Waals surface area (Å²) in [6.07, 6.45) is 11.6. The average Bonchev–Trinajstić information content (AvgIpc) is 2.74. The molecule has 0 aromatic heterocycles. The van der Waals surface area contributed by atoms with Crippen LogP contribution < -0.4 is 10.6 Å². The fourth-order valence-electron chi connectivity index (χ4n) is 4.18. The Morgan fingerprint density at radius 3 is 2.62 bits per heavy atom. The van der Waals surface area contributed by atoms with Gasteiger partial charge in [0.15, 0.2) is 0 Å². The molecule has 3 aliphatic rings. The van der Waals surface area contributed by atoms with Gasteiger partial charge in [-0.25, -0.2) is 0 Å². The van der Waals surface area contributed by atoms with Gasteiger partial charge in [0, 0.05) is 12.1 Å². The van der Waals surface area contributed by atoms with Crippen LogP contribution in [0.4, 0.5) is 0 Å². The highest BCUT2D eigenvalue weighted by molar-refractivity contribution is 4.94. The fraction of sp³-hybridized carbons (Fsp3) is 1.00. The standard InChI is InChI=1S/C14H26N2/c1-2-7-14-13(6-1)11(10-16-14)9-12-5-3-4-8-15-12/h11-16H,1-10H2/t11?,12-,13?,14?/m0/s1. The van der Waals surface area contributed by atoms with Crippen LogP contribution in [0.2, 0.25) is 0 Å². The van der Waals surface area contributed by atoms with Crippen LogP contribution in [-0.4, -0.2) is 25.2 Å². The minimum absolute atomic E-state index is 0.834. The zero-order valence-electron chi connectivity index (χ0n) is 10.4. The molecule has 0 aromatic rings. The molecule has 1 aliphatic carbocycles. The third kappa shape index (κ3) is 2.28. The second-order valence-electron chi connectivity index (χ2n) is 6.11. The maximum atomic E-state index is 3.77. The summed E-state index contributed by atoms with van der Waals surface area (Å²) in [5.41, 5.74) is 0. The molecule has 3 rings (SSSR count). The summed E-state index contributed by atoms with van der Waals surface area (Å²) in [4.78, 5) is 0. The van der Waals surface area contributed by atoms with E-state index in [9.17, 15) is 0 Å². The minimum atomic E-state index is 0.834. The number of nitrogens with one attached hydrogen (secondary N) is 2. The van der Waals surface area contributed by atoms with Gasteiger partial charge in [-0.2, -0.15) is 0 Å². The van der Waals surface area contributed by atoms with Crippen molar-refractivity contribution in [1.82, 2.24) is 10.6 Å². The molecule has 0 radical (unpaired) electrons. The minimum Gasteiger partial charge on any atom is -0.314 e. The van der Waals surface area contributed by atoms with E-state index in [1.807, 2.05) is 0 Å². The average molecular weight is 222 g/mol. The van der Waals surface area contributed by atoms with Gasteiger partial charge in [-0.1, -0.05) is 19.3 Å². The number of piperidine rings is 1. The second kappa shape index (κ2) is 5.05.